The minimum Gasteiger partial charge on any atom is -0.374 e. The van der Waals surface area contributed by atoms with Crippen molar-refractivity contribution in [2.45, 2.75) is 50.5 Å². The second kappa shape index (κ2) is 9.83. The second-order valence-corrected chi connectivity index (χ2v) is 10.9. The molecule has 178 valence electrons. The third-order valence-electron chi connectivity index (χ3n) is 6.67. The van der Waals surface area contributed by atoms with E-state index in [1.807, 2.05) is 0 Å². The highest BCUT2D eigenvalue weighted by molar-refractivity contribution is 7.89. The average Bonchev–Trinajstić information content (AvgIpc) is 3.28. The van der Waals surface area contributed by atoms with E-state index < -0.39 is 10.0 Å². The van der Waals surface area contributed by atoms with Gasteiger partial charge in [-0.2, -0.15) is 0 Å². The lowest BCUT2D eigenvalue weighted by Gasteiger charge is -2.32. The van der Waals surface area contributed by atoms with E-state index in [-0.39, 0.29) is 16.8 Å². The molecule has 4 rings (SSSR count). The Morgan fingerprint density at radius 3 is 2.52 bits per heavy atom. The van der Waals surface area contributed by atoms with Crippen LogP contribution < -0.4 is 14.9 Å². The predicted octanol–water partition coefficient (Wildman–Crippen LogP) is 3.45. The highest BCUT2D eigenvalue weighted by Crippen LogP contribution is 2.32. The molecule has 2 heterocycles. The Bertz CT molecular complexity index is 1130. The third kappa shape index (κ3) is 5.39. The van der Waals surface area contributed by atoms with Crippen LogP contribution in [-0.2, 0) is 21.2 Å². The molecule has 0 unspecified atom stereocenters. The van der Waals surface area contributed by atoms with Crippen LogP contribution in [0.1, 0.15) is 48.9 Å². The van der Waals surface area contributed by atoms with Gasteiger partial charge in [0.25, 0.3) is 0 Å². The number of rotatable bonds is 7. The largest absolute Gasteiger partial charge is 0.374 e. The summed E-state index contributed by atoms with van der Waals surface area (Å²) in [6.07, 6.45) is 4.48. The fraction of sp³-hybridized carbons (Fsp3) is 0.480. The van der Waals surface area contributed by atoms with Gasteiger partial charge in [0.2, 0.25) is 15.9 Å². The van der Waals surface area contributed by atoms with Crippen LogP contribution in [0, 0.1) is 6.92 Å². The van der Waals surface area contributed by atoms with Gasteiger partial charge in [-0.1, -0.05) is 12.1 Å². The van der Waals surface area contributed by atoms with E-state index >= 15 is 0 Å². The van der Waals surface area contributed by atoms with E-state index in [0.29, 0.717) is 17.8 Å². The van der Waals surface area contributed by atoms with Crippen molar-refractivity contribution >= 4 is 27.3 Å². The van der Waals surface area contributed by atoms with Crippen molar-refractivity contribution in [3.05, 3.63) is 53.1 Å². The Labute approximate surface area is 197 Å². The minimum absolute atomic E-state index is 0.00114. The third-order valence-corrected chi connectivity index (χ3v) is 8.26. The van der Waals surface area contributed by atoms with Crippen molar-refractivity contribution in [3.8, 4) is 0 Å². The first-order chi connectivity index (χ1) is 15.7. The smallest absolute Gasteiger partial charge is 0.240 e. The number of hydrogen-bond acceptors (Lipinski definition) is 5. The fourth-order valence-electron chi connectivity index (χ4n) is 5.02. The summed E-state index contributed by atoms with van der Waals surface area (Å²) in [5.74, 6) is -0.187. The molecule has 2 N–H and O–H groups in total. The van der Waals surface area contributed by atoms with Gasteiger partial charge in [0.1, 0.15) is 0 Å². The molecule has 1 atom stereocenters. The summed E-state index contributed by atoms with van der Waals surface area (Å²) in [7, 11) is -1.56. The molecule has 33 heavy (non-hydrogen) atoms. The SMILES string of the molecule is CC(=O)Nc1ccc(S(=O)(=O)NC[C@H](c2ccc3c(c2)CCCN3C)N2CCCC2)c(C)c1. The van der Waals surface area contributed by atoms with Gasteiger partial charge in [0.05, 0.1) is 4.90 Å². The van der Waals surface area contributed by atoms with Gasteiger partial charge in [0.15, 0.2) is 0 Å². The van der Waals surface area contributed by atoms with E-state index in [2.05, 4.69) is 45.1 Å². The first-order valence-corrected chi connectivity index (χ1v) is 13.2. The predicted molar refractivity (Wildman–Crippen MR) is 132 cm³/mol. The van der Waals surface area contributed by atoms with Gasteiger partial charge in [-0.25, -0.2) is 13.1 Å². The van der Waals surface area contributed by atoms with Crippen LogP contribution in [-0.4, -0.2) is 52.5 Å². The molecule has 1 fully saturated rings. The molecule has 0 saturated carbocycles. The van der Waals surface area contributed by atoms with Gasteiger partial charge >= 0.3 is 0 Å². The molecule has 7 nitrogen and oxygen atoms in total. The molecule has 1 saturated heterocycles. The number of sulfonamides is 1. The number of carbonyl (C=O) groups is 1. The van der Waals surface area contributed by atoms with Crippen molar-refractivity contribution in [3.63, 3.8) is 0 Å². The summed E-state index contributed by atoms with van der Waals surface area (Å²) in [4.78, 5) is 16.2. The monoisotopic (exact) mass is 470 g/mol. The lowest BCUT2D eigenvalue weighted by Crippen LogP contribution is -2.37. The van der Waals surface area contributed by atoms with Crippen LogP contribution in [0.2, 0.25) is 0 Å². The number of anilines is 2. The van der Waals surface area contributed by atoms with Gasteiger partial charge in [-0.05, 0) is 86.7 Å². The van der Waals surface area contributed by atoms with Crippen LogP contribution >= 0.6 is 0 Å². The van der Waals surface area contributed by atoms with Crippen molar-refractivity contribution in [2.24, 2.45) is 0 Å². The molecule has 2 aromatic rings. The topological polar surface area (TPSA) is 81.7 Å². The van der Waals surface area contributed by atoms with Crippen LogP contribution in [0.25, 0.3) is 0 Å². The Kier molecular flexibility index (Phi) is 7.07. The standard InChI is InChI=1S/C25H34N4O3S/c1-18-15-22(27-19(2)30)9-11-25(18)33(31,32)26-17-24(29-13-4-5-14-29)21-8-10-23-20(16-21)7-6-12-28(23)3/h8-11,15-16,24,26H,4-7,12-14,17H2,1-3H3,(H,27,30)/t24-/m1/s1. The van der Waals surface area contributed by atoms with E-state index in [0.717, 1.165) is 45.3 Å². The van der Waals surface area contributed by atoms with Crippen molar-refractivity contribution in [1.29, 1.82) is 0 Å². The number of benzene rings is 2. The van der Waals surface area contributed by atoms with E-state index in [1.165, 1.54) is 23.7 Å². The maximum atomic E-state index is 13.2. The van der Waals surface area contributed by atoms with E-state index in [1.54, 1.807) is 25.1 Å². The van der Waals surface area contributed by atoms with Gasteiger partial charge < -0.3 is 10.2 Å². The van der Waals surface area contributed by atoms with Crippen LogP contribution in [0.4, 0.5) is 11.4 Å². The maximum absolute atomic E-state index is 13.2. The van der Waals surface area contributed by atoms with Crippen molar-refractivity contribution in [1.82, 2.24) is 9.62 Å². The summed E-state index contributed by atoms with van der Waals surface area (Å²) >= 11 is 0. The molecule has 0 aliphatic carbocycles. The van der Waals surface area contributed by atoms with E-state index in [4.69, 9.17) is 0 Å². The number of likely N-dealkylation sites (tertiary alicyclic amines) is 1. The lowest BCUT2D eigenvalue weighted by atomic mass is 9.96. The fourth-order valence-corrected chi connectivity index (χ4v) is 6.28. The maximum Gasteiger partial charge on any atom is 0.240 e. The zero-order valence-electron chi connectivity index (χ0n) is 19.7. The summed E-state index contributed by atoms with van der Waals surface area (Å²) < 4.78 is 29.3. The van der Waals surface area contributed by atoms with Gasteiger partial charge in [-0.15, -0.1) is 0 Å². The van der Waals surface area contributed by atoms with Crippen LogP contribution in [0.5, 0.6) is 0 Å². The zero-order valence-corrected chi connectivity index (χ0v) is 20.5. The number of nitrogens with one attached hydrogen (secondary N) is 2. The molecule has 0 bridgehead atoms. The molecule has 0 spiro atoms. The Hall–Kier alpha value is -2.42. The number of fused-ring (bicyclic) bond motifs is 1. The minimum atomic E-state index is -3.69. The Morgan fingerprint density at radius 2 is 1.82 bits per heavy atom. The lowest BCUT2D eigenvalue weighted by molar-refractivity contribution is -0.114. The Balaban J connectivity index is 1.56. The molecule has 1 amide bonds. The molecule has 0 aromatic heterocycles. The molecule has 2 aliphatic rings. The van der Waals surface area contributed by atoms with Crippen molar-refractivity contribution < 1.29 is 13.2 Å². The van der Waals surface area contributed by atoms with Crippen LogP contribution in [0.3, 0.4) is 0 Å². The first-order valence-electron chi connectivity index (χ1n) is 11.7. The molecular weight excluding hydrogens is 436 g/mol. The summed E-state index contributed by atoms with van der Waals surface area (Å²) in [5.41, 5.74) is 4.99. The number of aryl methyl sites for hydroxylation is 2. The summed E-state index contributed by atoms with van der Waals surface area (Å²) in [6, 6.07) is 11.5. The number of carbonyl (C=O) groups excluding carboxylic acids is 1. The van der Waals surface area contributed by atoms with Crippen LogP contribution in [0.15, 0.2) is 41.3 Å². The van der Waals surface area contributed by atoms with E-state index in [9.17, 15) is 13.2 Å². The van der Waals surface area contributed by atoms with Gasteiger partial charge in [-0.3, -0.25) is 9.69 Å². The van der Waals surface area contributed by atoms with Crippen molar-refractivity contribution in [2.75, 3.05) is 43.4 Å². The first kappa shape index (κ1) is 23.7. The second-order valence-electron chi connectivity index (χ2n) is 9.19. The quantitative estimate of drug-likeness (QED) is 0.648. The normalized spacial score (nSPS) is 17.6. The molecule has 8 heteroatoms. The number of hydrogen-bond donors (Lipinski definition) is 2. The summed E-state index contributed by atoms with van der Waals surface area (Å²) in [6.45, 7) is 6.53. The molecule has 0 radical (unpaired) electrons. The molecule has 2 aromatic carbocycles. The van der Waals surface area contributed by atoms with Gasteiger partial charge in [0, 0.05) is 44.5 Å². The highest BCUT2D eigenvalue weighted by Gasteiger charge is 2.27. The number of nitrogens with zero attached hydrogens (tertiary/aromatic N) is 2. The Morgan fingerprint density at radius 1 is 1.06 bits per heavy atom. The summed E-state index contributed by atoms with van der Waals surface area (Å²) in [5, 5.41) is 2.70. The zero-order chi connectivity index (χ0) is 23.6. The molecule has 2 aliphatic heterocycles. The average molecular weight is 471 g/mol. The molecular formula is C25H34N4O3S. The highest BCUT2D eigenvalue weighted by atomic mass is 32.2. The number of amides is 1.